The van der Waals surface area contributed by atoms with E-state index in [0.29, 0.717) is 19.3 Å². The molecule has 0 aromatic heterocycles. The third-order valence-corrected chi connectivity index (χ3v) is 4.06. The van der Waals surface area contributed by atoms with E-state index in [0.717, 1.165) is 13.0 Å². The quantitative estimate of drug-likeness (QED) is 0.759. The molecule has 2 atom stereocenters. The van der Waals surface area contributed by atoms with Crippen LogP contribution in [-0.2, 0) is 9.53 Å². The maximum absolute atomic E-state index is 12.1. The van der Waals surface area contributed by atoms with Crippen molar-refractivity contribution in [1.82, 2.24) is 10.6 Å². The molecule has 1 saturated heterocycles. The predicted octanol–water partition coefficient (Wildman–Crippen LogP) is 1.06. The summed E-state index contributed by atoms with van der Waals surface area (Å²) in [5.41, 5.74) is 0.226. The Morgan fingerprint density at radius 3 is 2.88 bits per heavy atom. The van der Waals surface area contributed by atoms with E-state index in [2.05, 4.69) is 24.5 Å². The van der Waals surface area contributed by atoms with Crippen LogP contribution in [0.2, 0.25) is 0 Å². The lowest BCUT2D eigenvalue weighted by Crippen LogP contribution is -2.56. The Morgan fingerprint density at radius 2 is 2.24 bits per heavy atom. The summed E-state index contributed by atoms with van der Waals surface area (Å²) < 4.78 is 5.32. The fraction of sp³-hybridized carbons (Fsp3) is 0.923. The summed E-state index contributed by atoms with van der Waals surface area (Å²) in [6.45, 7) is 6.48. The van der Waals surface area contributed by atoms with Crippen LogP contribution in [-0.4, -0.2) is 37.7 Å². The zero-order chi connectivity index (χ0) is 12.3. The smallest absolute Gasteiger partial charge is 0.239 e. The number of amides is 1. The topological polar surface area (TPSA) is 50.4 Å². The molecule has 2 aliphatic rings. The van der Waals surface area contributed by atoms with Crippen LogP contribution < -0.4 is 10.6 Å². The molecular weight excluding hydrogens is 216 g/mol. The molecule has 0 spiro atoms. The summed E-state index contributed by atoms with van der Waals surface area (Å²) in [5.74, 6) is 0.102. The lowest BCUT2D eigenvalue weighted by atomic mass is 9.73. The molecule has 1 heterocycles. The molecule has 1 saturated carbocycles. The van der Waals surface area contributed by atoms with E-state index < -0.39 is 0 Å². The highest BCUT2D eigenvalue weighted by Gasteiger charge is 2.34. The second-order valence-corrected chi connectivity index (χ2v) is 5.88. The van der Waals surface area contributed by atoms with Gasteiger partial charge in [-0.3, -0.25) is 4.79 Å². The molecule has 0 bridgehead atoms. The number of nitrogens with one attached hydrogen (secondary N) is 2. The van der Waals surface area contributed by atoms with Gasteiger partial charge in [0.1, 0.15) is 6.04 Å². The molecule has 2 N–H and O–H groups in total. The number of morpholine rings is 1. The number of hydrogen-bond acceptors (Lipinski definition) is 3. The maximum Gasteiger partial charge on any atom is 0.239 e. The van der Waals surface area contributed by atoms with Crippen LogP contribution in [0.1, 0.15) is 39.5 Å². The molecule has 2 unspecified atom stereocenters. The highest BCUT2D eigenvalue weighted by atomic mass is 16.5. The lowest BCUT2D eigenvalue weighted by molar-refractivity contribution is -0.127. The van der Waals surface area contributed by atoms with E-state index in [1.165, 1.54) is 19.3 Å². The highest BCUT2D eigenvalue weighted by Crippen LogP contribution is 2.35. The molecule has 98 valence electrons. The maximum atomic E-state index is 12.1. The van der Waals surface area contributed by atoms with Gasteiger partial charge in [0, 0.05) is 12.6 Å². The van der Waals surface area contributed by atoms with E-state index in [4.69, 9.17) is 4.74 Å². The van der Waals surface area contributed by atoms with Crippen molar-refractivity contribution in [3.05, 3.63) is 0 Å². The number of hydrogen-bond donors (Lipinski definition) is 2. The molecule has 2 rings (SSSR count). The van der Waals surface area contributed by atoms with E-state index in [-0.39, 0.29) is 17.4 Å². The van der Waals surface area contributed by atoms with Gasteiger partial charge >= 0.3 is 0 Å². The Kier molecular flexibility index (Phi) is 4.05. The van der Waals surface area contributed by atoms with E-state index in [9.17, 15) is 4.79 Å². The second-order valence-electron chi connectivity index (χ2n) is 5.88. The molecule has 0 radical (unpaired) electrons. The number of ether oxygens (including phenoxy) is 1. The number of rotatable bonds is 2. The van der Waals surface area contributed by atoms with Crippen LogP contribution in [0.4, 0.5) is 0 Å². The van der Waals surface area contributed by atoms with Crippen molar-refractivity contribution in [2.45, 2.75) is 51.6 Å². The third kappa shape index (κ3) is 3.19. The van der Waals surface area contributed by atoms with Gasteiger partial charge in [0.15, 0.2) is 0 Å². The van der Waals surface area contributed by atoms with Crippen molar-refractivity contribution >= 4 is 5.91 Å². The van der Waals surface area contributed by atoms with Crippen molar-refractivity contribution in [3.63, 3.8) is 0 Å². The van der Waals surface area contributed by atoms with E-state index in [1.54, 1.807) is 0 Å². The van der Waals surface area contributed by atoms with Gasteiger partial charge in [0.05, 0.1) is 13.2 Å². The van der Waals surface area contributed by atoms with Crippen LogP contribution in [0, 0.1) is 5.41 Å². The zero-order valence-corrected chi connectivity index (χ0v) is 10.9. The zero-order valence-electron chi connectivity index (χ0n) is 10.9. The van der Waals surface area contributed by atoms with Crippen LogP contribution in [0.15, 0.2) is 0 Å². The third-order valence-electron chi connectivity index (χ3n) is 4.06. The molecule has 2 fully saturated rings. The van der Waals surface area contributed by atoms with Crippen molar-refractivity contribution in [2.24, 2.45) is 5.41 Å². The first-order valence-electron chi connectivity index (χ1n) is 6.71. The van der Waals surface area contributed by atoms with Crippen LogP contribution >= 0.6 is 0 Å². The van der Waals surface area contributed by atoms with Gasteiger partial charge in [-0.15, -0.1) is 0 Å². The summed E-state index contributed by atoms with van der Waals surface area (Å²) in [6, 6.07) is 0.147. The van der Waals surface area contributed by atoms with Gasteiger partial charge in [-0.1, -0.05) is 26.7 Å². The SMILES string of the molecule is CC1(C)CCCCC1NC(=O)C1COCCN1. The van der Waals surface area contributed by atoms with Gasteiger partial charge in [-0.2, -0.15) is 0 Å². The minimum Gasteiger partial charge on any atom is -0.378 e. The average Bonchev–Trinajstić information content (AvgIpc) is 2.33. The molecule has 4 heteroatoms. The molecule has 1 aliphatic carbocycles. The molecule has 1 amide bonds. The fourth-order valence-electron chi connectivity index (χ4n) is 2.77. The van der Waals surface area contributed by atoms with Gasteiger partial charge in [0.25, 0.3) is 0 Å². The highest BCUT2D eigenvalue weighted by molar-refractivity contribution is 5.82. The van der Waals surface area contributed by atoms with Gasteiger partial charge in [-0.05, 0) is 18.3 Å². The van der Waals surface area contributed by atoms with Gasteiger partial charge in [-0.25, -0.2) is 0 Å². The normalized spacial score (nSPS) is 33.1. The van der Waals surface area contributed by atoms with E-state index in [1.807, 2.05) is 0 Å². The van der Waals surface area contributed by atoms with Crippen molar-refractivity contribution < 1.29 is 9.53 Å². The first-order chi connectivity index (χ1) is 8.09. The molecular formula is C13H24N2O2. The fourth-order valence-corrected chi connectivity index (χ4v) is 2.77. The summed E-state index contributed by atoms with van der Waals surface area (Å²) in [4.78, 5) is 12.1. The first-order valence-corrected chi connectivity index (χ1v) is 6.71. The first kappa shape index (κ1) is 12.8. The van der Waals surface area contributed by atoms with Crippen molar-refractivity contribution in [1.29, 1.82) is 0 Å². The Hall–Kier alpha value is -0.610. The van der Waals surface area contributed by atoms with Crippen LogP contribution in [0.5, 0.6) is 0 Å². The molecule has 4 nitrogen and oxygen atoms in total. The van der Waals surface area contributed by atoms with Crippen molar-refractivity contribution in [2.75, 3.05) is 19.8 Å². The Balaban J connectivity index is 1.88. The lowest BCUT2D eigenvalue weighted by Gasteiger charge is -2.40. The Morgan fingerprint density at radius 1 is 1.41 bits per heavy atom. The monoisotopic (exact) mass is 240 g/mol. The second kappa shape index (κ2) is 5.36. The molecule has 1 aliphatic heterocycles. The average molecular weight is 240 g/mol. The Bertz CT molecular complexity index is 273. The predicted molar refractivity (Wildman–Crippen MR) is 66.8 cm³/mol. The summed E-state index contributed by atoms with van der Waals surface area (Å²) in [7, 11) is 0. The Labute approximate surface area is 103 Å². The minimum absolute atomic E-state index is 0.102. The summed E-state index contributed by atoms with van der Waals surface area (Å²) in [6.07, 6.45) is 4.81. The van der Waals surface area contributed by atoms with Crippen LogP contribution in [0.25, 0.3) is 0 Å². The number of carbonyl (C=O) groups is 1. The largest absolute Gasteiger partial charge is 0.378 e. The minimum atomic E-state index is -0.165. The summed E-state index contributed by atoms with van der Waals surface area (Å²) >= 11 is 0. The van der Waals surface area contributed by atoms with Crippen molar-refractivity contribution in [3.8, 4) is 0 Å². The molecule has 0 aromatic rings. The van der Waals surface area contributed by atoms with Crippen LogP contribution in [0.3, 0.4) is 0 Å². The molecule has 0 aromatic carbocycles. The standard InChI is InChI=1S/C13H24N2O2/c1-13(2)6-4-3-5-11(13)15-12(16)10-9-17-8-7-14-10/h10-11,14H,3-9H2,1-2H3,(H,15,16). The van der Waals surface area contributed by atoms with Gasteiger partial charge < -0.3 is 15.4 Å². The summed E-state index contributed by atoms with van der Waals surface area (Å²) in [5, 5.41) is 6.40. The number of carbonyl (C=O) groups excluding carboxylic acids is 1. The van der Waals surface area contributed by atoms with E-state index >= 15 is 0 Å². The van der Waals surface area contributed by atoms with Gasteiger partial charge in [0.2, 0.25) is 5.91 Å². The molecule has 17 heavy (non-hydrogen) atoms.